The molecule has 0 aliphatic heterocycles. The van der Waals surface area contributed by atoms with Crippen molar-refractivity contribution in [3.63, 3.8) is 0 Å². The molecule has 4 nitrogen and oxygen atoms in total. The van der Waals surface area contributed by atoms with Crippen molar-refractivity contribution in [1.29, 1.82) is 0 Å². The molecule has 0 aliphatic rings. The van der Waals surface area contributed by atoms with Crippen molar-refractivity contribution in [2.75, 3.05) is 19.0 Å². The van der Waals surface area contributed by atoms with E-state index in [1.165, 1.54) is 0 Å². The van der Waals surface area contributed by atoms with Gasteiger partial charge in [0.2, 0.25) is 0 Å². The van der Waals surface area contributed by atoms with Crippen LogP contribution in [0.3, 0.4) is 0 Å². The van der Waals surface area contributed by atoms with E-state index in [0.29, 0.717) is 28.1 Å². The highest BCUT2D eigenvalue weighted by Gasteiger charge is 2.15. The quantitative estimate of drug-likeness (QED) is 0.819. The summed E-state index contributed by atoms with van der Waals surface area (Å²) in [6.07, 6.45) is 0. The second-order valence-electron chi connectivity index (χ2n) is 5.25. The van der Waals surface area contributed by atoms with Crippen LogP contribution in [0.25, 0.3) is 0 Å². The van der Waals surface area contributed by atoms with E-state index in [9.17, 15) is 4.79 Å². The maximum atomic E-state index is 12.5. The lowest BCUT2D eigenvalue weighted by Crippen LogP contribution is -2.13. The minimum atomic E-state index is -0.195. The molecular formula is C18H20BrNO3. The molecule has 0 spiro atoms. The topological polar surface area (TPSA) is 47.6 Å². The number of benzene rings is 2. The van der Waals surface area contributed by atoms with Crippen LogP contribution in [0.15, 0.2) is 34.8 Å². The predicted molar refractivity (Wildman–Crippen MR) is 95.7 cm³/mol. The molecule has 122 valence electrons. The van der Waals surface area contributed by atoms with E-state index >= 15 is 0 Å². The van der Waals surface area contributed by atoms with Crippen LogP contribution < -0.4 is 14.8 Å². The highest BCUT2D eigenvalue weighted by molar-refractivity contribution is 9.10. The Morgan fingerprint density at radius 2 is 1.78 bits per heavy atom. The van der Waals surface area contributed by atoms with Gasteiger partial charge >= 0.3 is 0 Å². The monoisotopic (exact) mass is 377 g/mol. The summed E-state index contributed by atoms with van der Waals surface area (Å²) in [4.78, 5) is 12.5. The number of carbonyl (C=O) groups excluding carboxylic acids is 1. The zero-order valence-corrected chi connectivity index (χ0v) is 15.3. The van der Waals surface area contributed by atoms with Crippen molar-refractivity contribution in [3.05, 3.63) is 51.5 Å². The molecule has 0 fully saturated rings. The molecule has 0 aliphatic carbocycles. The van der Waals surface area contributed by atoms with E-state index in [4.69, 9.17) is 9.47 Å². The molecule has 1 amide bonds. The molecule has 0 bridgehead atoms. The molecule has 2 aromatic carbocycles. The molecule has 0 saturated heterocycles. The number of hydrogen-bond donors (Lipinski definition) is 1. The Morgan fingerprint density at radius 1 is 1.13 bits per heavy atom. The normalized spacial score (nSPS) is 10.3. The van der Waals surface area contributed by atoms with E-state index in [-0.39, 0.29) is 5.91 Å². The van der Waals surface area contributed by atoms with E-state index < -0.39 is 0 Å². The fraction of sp³-hybridized carbons (Fsp3) is 0.278. The number of methoxy groups -OCH3 is 1. The number of amides is 1. The van der Waals surface area contributed by atoms with Gasteiger partial charge in [-0.2, -0.15) is 0 Å². The molecule has 2 rings (SSSR count). The van der Waals surface area contributed by atoms with Crippen molar-refractivity contribution >= 4 is 27.5 Å². The Labute approximate surface area is 144 Å². The van der Waals surface area contributed by atoms with Gasteiger partial charge in [-0.05, 0) is 72.1 Å². The summed E-state index contributed by atoms with van der Waals surface area (Å²) in [6, 6.07) is 9.34. The van der Waals surface area contributed by atoms with Crippen molar-refractivity contribution in [2.45, 2.75) is 20.8 Å². The number of aryl methyl sites for hydroxylation is 2. The molecular weight excluding hydrogens is 358 g/mol. The first-order valence-electron chi connectivity index (χ1n) is 7.34. The maximum absolute atomic E-state index is 12.5. The van der Waals surface area contributed by atoms with Crippen LogP contribution in [0.1, 0.15) is 28.4 Å². The summed E-state index contributed by atoms with van der Waals surface area (Å²) in [7, 11) is 1.57. The number of ether oxygens (including phenoxy) is 2. The summed E-state index contributed by atoms with van der Waals surface area (Å²) >= 11 is 3.42. The smallest absolute Gasteiger partial charge is 0.255 e. The summed E-state index contributed by atoms with van der Waals surface area (Å²) in [5, 5.41) is 2.92. The number of rotatable bonds is 5. The number of carbonyl (C=O) groups is 1. The maximum Gasteiger partial charge on any atom is 0.255 e. The lowest BCUT2D eigenvalue weighted by Gasteiger charge is -2.13. The summed E-state index contributed by atoms with van der Waals surface area (Å²) in [6.45, 7) is 6.38. The number of anilines is 1. The summed E-state index contributed by atoms with van der Waals surface area (Å²) < 4.78 is 11.5. The second kappa shape index (κ2) is 7.51. The highest BCUT2D eigenvalue weighted by Crippen LogP contribution is 2.36. The van der Waals surface area contributed by atoms with Crippen molar-refractivity contribution < 1.29 is 14.3 Å². The fourth-order valence-electron chi connectivity index (χ4n) is 2.41. The molecule has 0 radical (unpaired) electrons. The lowest BCUT2D eigenvalue weighted by atomic mass is 10.1. The third-order valence-electron chi connectivity index (χ3n) is 3.26. The Balaban J connectivity index is 2.31. The fourth-order valence-corrected chi connectivity index (χ4v) is 3.01. The van der Waals surface area contributed by atoms with E-state index in [1.54, 1.807) is 19.2 Å². The van der Waals surface area contributed by atoms with E-state index in [2.05, 4.69) is 27.3 Å². The minimum Gasteiger partial charge on any atom is -0.492 e. The SMILES string of the molecule is CCOc1cc(C(=O)Nc2cc(C)cc(C)c2)cc(Br)c1OC. The minimum absolute atomic E-state index is 0.195. The largest absolute Gasteiger partial charge is 0.492 e. The predicted octanol–water partition coefficient (Wildman–Crippen LogP) is 4.73. The van der Waals surface area contributed by atoms with Crippen LogP contribution in [0.4, 0.5) is 5.69 Å². The molecule has 0 heterocycles. The Morgan fingerprint density at radius 3 is 2.35 bits per heavy atom. The van der Waals surface area contributed by atoms with Gasteiger partial charge in [-0.15, -0.1) is 0 Å². The van der Waals surface area contributed by atoms with Crippen LogP contribution in [0, 0.1) is 13.8 Å². The van der Waals surface area contributed by atoms with Gasteiger partial charge in [0.1, 0.15) is 0 Å². The van der Waals surface area contributed by atoms with Crippen LogP contribution in [-0.4, -0.2) is 19.6 Å². The van der Waals surface area contributed by atoms with Crippen molar-refractivity contribution in [3.8, 4) is 11.5 Å². The molecule has 0 saturated carbocycles. The molecule has 0 aromatic heterocycles. The molecule has 23 heavy (non-hydrogen) atoms. The van der Waals surface area contributed by atoms with Crippen LogP contribution in [-0.2, 0) is 0 Å². The first kappa shape index (κ1) is 17.3. The van der Waals surface area contributed by atoms with Gasteiger partial charge in [-0.1, -0.05) is 6.07 Å². The molecule has 5 heteroatoms. The zero-order chi connectivity index (χ0) is 17.0. The lowest BCUT2D eigenvalue weighted by molar-refractivity contribution is 0.102. The molecule has 1 N–H and O–H groups in total. The van der Waals surface area contributed by atoms with Gasteiger partial charge in [0.05, 0.1) is 18.2 Å². The Bertz CT molecular complexity index is 708. The van der Waals surface area contributed by atoms with Gasteiger partial charge in [0.15, 0.2) is 11.5 Å². The average molecular weight is 378 g/mol. The summed E-state index contributed by atoms with van der Waals surface area (Å²) in [5.74, 6) is 0.920. The van der Waals surface area contributed by atoms with E-state index in [1.807, 2.05) is 32.9 Å². The van der Waals surface area contributed by atoms with Crippen LogP contribution >= 0.6 is 15.9 Å². The molecule has 2 aromatic rings. The standard InChI is InChI=1S/C18H20BrNO3/c1-5-23-16-10-13(9-15(19)17(16)22-4)18(21)20-14-7-11(2)6-12(3)8-14/h6-10H,5H2,1-4H3,(H,20,21). The van der Waals surface area contributed by atoms with Gasteiger partial charge < -0.3 is 14.8 Å². The second-order valence-corrected chi connectivity index (χ2v) is 6.11. The van der Waals surface area contributed by atoms with Crippen molar-refractivity contribution in [2.24, 2.45) is 0 Å². The highest BCUT2D eigenvalue weighted by atomic mass is 79.9. The third-order valence-corrected chi connectivity index (χ3v) is 3.84. The first-order chi connectivity index (χ1) is 10.9. The van der Waals surface area contributed by atoms with Gasteiger partial charge in [0.25, 0.3) is 5.91 Å². The number of hydrogen-bond acceptors (Lipinski definition) is 3. The zero-order valence-electron chi connectivity index (χ0n) is 13.7. The first-order valence-corrected chi connectivity index (χ1v) is 8.14. The average Bonchev–Trinajstić information content (AvgIpc) is 2.46. The van der Waals surface area contributed by atoms with Crippen LogP contribution in [0.2, 0.25) is 0 Å². The molecule has 0 unspecified atom stereocenters. The Kier molecular flexibility index (Phi) is 5.66. The number of halogens is 1. The molecule has 0 atom stereocenters. The van der Waals surface area contributed by atoms with Crippen molar-refractivity contribution in [1.82, 2.24) is 0 Å². The van der Waals surface area contributed by atoms with E-state index in [0.717, 1.165) is 16.8 Å². The van der Waals surface area contributed by atoms with Gasteiger partial charge in [0, 0.05) is 11.3 Å². The summed E-state index contributed by atoms with van der Waals surface area (Å²) in [5.41, 5.74) is 3.48. The van der Waals surface area contributed by atoms with Gasteiger partial charge in [-0.25, -0.2) is 0 Å². The third kappa shape index (κ3) is 4.26. The van der Waals surface area contributed by atoms with Crippen LogP contribution in [0.5, 0.6) is 11.5 Å². The Hall–Kier alpha value is -2.01. The number of nitrogens with one attached hydrogen (secondary N) is 1. The van der Waals surface area contributed by atoms with Gasteiger partial charge in [-0.3, -0.25) is 4.79 Å².